The molecule has 0 unspecified atom stereocenters. The summed E-state index contributed by atoms with van der Waals surface area (Å²) in [5.41, 5.74) is 2.69. The van der Waals surface area contributed by atoms with E-state index in [-0.39, 0.29) is 17.4 Å². The molecule has 0 bridgehead atoms. The lowest BCUT2D eigenvalue weighted by atomic mass is 10.2. The standard InChI is InChI=1S/C27H24F2N2O4S/c1-18-3-9-22(10-4-18)34-15-16-36-27-30-24(17-19-5-11-21(33-2)12-6-19)25(32)31(27)20-7-13-23(14-8-20)35-26(28)29/h3-14,17,26H,15-16H2,1-2H3. The van der Waals surface area contributed by atoms with Crippen molar-refractivity contribution in [3.8, 4) is 17.2 Å². The molecule has 3 aromatic rings. The third kappa shape index (κ3) is 6.42. The summed E-state index contributed by atoms with van der Waals surface area (Å²) in [4.78, 5) is 19.3. The monoisotopic (exact) mass is 510 g/mol. The van der Waals surface area contributed by atoms with E-state index in [1.165, 1.54) is 28.8 Å². The number of ether oxygens (including phenoxy) is 3. The van der Waals surface area contributed by atoms with E-state index < -0.39 is 6.61 Å². The number of amides is 1. The first kappa shape index (κ1) is 25.2. The van der Waals surface area contributed by atoms with E-state index >= 15 is 0 Å². The summed E-state index contributed by atoms with van der Waals surface area (Å²) in [6, 6.07) is 20.9. The largest absolute Gasteiger partial charge is 0.497 e. The number of halogens is 2. The Morgan fingerprint density at radius 1 is 0.944 bits per heavy atom. The maximum absolute atomic E-state index is 13.3. The zero-order chi connectivity index (χ0) is 25.5. The highest BCUT2D eigenvalue weighted by Crippen LogP contribution is 2.31. The molecule has 1 heterocycles. The molecule has 0 N–H and O–H groups in total. The average Bonchev–Trinajstić information content (AvgIpc) is 3.18. The van der Waals surface area contributed by atoms with Crippen molar-refractivity contribution < 1.29 is 27.8 Å². The first-order valence-corrected chi connectivity index (χ1v) is 12.1. The Morgan fingerprint density at radius 2 is 1.58 bits per heavy atom. The fourth-order valence-corrected chi connectivity index (χ4v) is 4.21. The summed E-state index contributed by atoms with van der Waals surface area (Å²) in [5.74, 6) is 1.69. The number of thioether (sulfide) groups is 1. The van der Waals surface area contributed by atoms with E-state index in [1.54, 1.807) is 37.5 Å². The molecule has 0 aliphatic carbocycles. The molecule has 1 aliphatic heterocycles. The van der Waals surface area contributed by atoms with Crippen LogP contribution in [0, 0.1) is 6.92 Å². The van der Waals surface area contributed by atoms with Gasteiger partial charge in [0.2, 0.25) is 0 Å². The Kier molecular flexibility index (Phi) is 8.22. The molecule has 3 aromatic carbocycles. The molecular weight excluding hydrogens is 486 g/mol. The lowest BCUT2D eigenvalue weighted by Gasteiger charge is -2.18. The molecule has 0 saturated heterocycles. The van der Waals surface area contributed by atoms with Gasteiger partial charge in [-0.1, -0.05) is 41.6 Å². The van der Waals surface area contributed by atoms with Crippen molar-refractivity contribution in [1.82, 2.24) is 0 Å². The van der Waals surface area contributed by atoms with Gasteiger partial charge in [-0.05, 0) is 67.1 Å². The van der Waals surface area contributed by atoms with Gasteiger partial charge in [-0.15, -0.1) is 0 Å². The van der Waals surface area contributed by atoms with Crippen molar-refractivity contribution in [2.45, 2.75) is 13.5 Å². The molecular formula is C27H24F2N2O4S. The lowest BCUT2D eigenvalue weighted by molar-refractivity contribution is -0.113. The number of hydrogen-bond donors (Lipinski definition) is 0. The number of alkyl halides is 2. The average molecular weight is 511 g/mol. The predicted octanol–water partition coefficient (Wildman–Crippen LogP) is 6.16. The van der Waals surface area contributed by atoms with E-state index in [9.17, 15) is 13.6 Å². The van der Waals surface area contributed by atoms with E-state index in [1.807, 2.05) is 43.3 Å². The third-order valence-electron chi connectivity index (χ3n) is 5.17. The quantitative estimate of drug-likeness (QED) is 0.255. The molecule has 6 nitrogen and oxygen atoms in total. The molecule has 1 amide bonds. The molecule has 0 radical (unpaired) electrons. The summed E-state index contributed by atoms with van der Waals surface area (Å²) in [6.45, 7) is -0.510. The van der Waals surface area contributed by atoms with Crippen LogP contribution in [0.4, 0.5) is 14.5 Å². The van der Waals surface area contributed by atoms with E-state index in [2.05, 4.69) is 9.73 Å². The second-order valence-electron chi connectivity index (χ2n) is 7.72. The van der Waals surface area contributed by atoms with E-state index in [0.717, 1.165) is 16.9 Å². The summed E-state index contributed by atoms with van der Waals surface area (Å²) < 4.78 is 40.5. The molecule has 1 aliphatic rings. The van der Waals surface area contributed by atoms with Crippen molar-refractivity contribution in [3.05, 3.63) is 89.6 Å². The number of aryl methyl sites for hydroxylation is 1. The molecule has 36 heavy (non-hydrogen) atoms. The summed E-state index contributed by atoms with van der Waals surface area (Å²) >= 11 is 1.37. The Bertz CT molecular complexity index is 1240. The van der Waals surface area contributed by atoms with Crippen LogP contribution in [0.2, 0.25) is 0 Å². The van der Waals surface area contributed by atoms with Crippen molar-refractivity contribution in [1.29, 1.82) is 0 Å². The molecule has 0 aromatic heterocycles. The maximum atomic E-state index is 13.3. The van der Waals surface area contributed by atoms with Gasteiger partial charge in [0.25, 0.3) is 5.91 Å². The Hall–Kier alpha value is -3.85. The molecule has 0 fully saturated rings. The fraction of sp³-hybridized carbons (Fsp3) is 0.185. The highest BCUT2D eigenvalue weighted by molar-refractivity contribution is 8.14. The number of benzene rings is 3. The molecule has 4 rings (SSSR count). The smallest absolute Gasteiger partial charge is 0.387 e. The van der Waals surface area contributed by atoms with Gasteiger partial charge < -0.3 is 14.2 Å². The van der Waals surface area contributed by atoms with Gasteiger partial charge in [-0.25, -0.2) is 4.99 Å². The topological polar surface area (TPSA) is 60.4 Å². The minimum absolute atomic E-state index is 0.00651. The minimum Gasteiger partial charge on any atom is -0.497 e. The van der Waals surface area contributed by atoms with Crippen LogP contribution in [-0.4, -0.2) is 37.2 Å². The zero-order valence-electron chi connectivity index (χ0n) is 19.7. The van der Waals surface area contributed by atoms with Gasteiger partial charge in [0.05, 0.1) is 19.4 Å². The molecule has 0 saturated carbocycles. The van der Waals surface area contributed by atoms with Crippen LogP contribution >= 0.6 is 11.8 Å². The number of methoxy groups -OCH3 is 1. The Labute approximate surface area is 212 Å². The normalized spacial score (nSPS) is 14.4. The van der Waals surface area contributed by atoms with Gasteiger partial charge in [-0.3, -0.25) is 9.69 Å². The van der Waals surface area contributed by atoms with Gasteiger partial charge in [-0.2, -0.15) is 8.78 Å². The molecule has 0 atom stereocenters. The van der Waals surface area contributed by atoms with Crippen molar-refractivity contribution in [2.24, 2.45) is 4.99 Å². The third-order valence-corrected chi connectivity index (χ3v) is 6.08. The van der Waals surface area contributed by atoms with Crippen LogP contribution in [0.1, 0.15) is 11.1 Å². The summed E-state index contributed by atoms with van der Waals surface area (Å²) in [7, 11) is 1.58. The molecule has 0 spiro atoms. The number of amidine groups is 1. The van der Waals surface area contributed by atoms with Crippen LogP contribution in [0.15, 0.2) is 83.5 Å². The number of nitrogens with zero attached hydrogens (tertiary/aromatic N) is 2. The zero-order valence-corrected chi connectivity index (χ0v) is 20.5. The lowest BCUT2D eigenvalue weighted by Crippen LogP contribution is -2.30. The van der Waals surface area contributed by atoms with Crippen LogP contribution in [-0.2, 0) is 4.79 Å². The SMILES string of the molecule is COc1ccc(C=C2N=C(SCCOc3ccc(C)cc3)N(c3ccc(OC(F)F)cc3)C2=O)cc1. The number of aliphatic imine (C=N–C) groups is 1. The van der Waals surface area contributed by atoms with Crippen molar-refractivity contribution in [2.75, 3.05) is 24.4 Å². The second kappa shape index (κ2) is 11.7. The number of rotatable bonds is 9. The minimum atomic E-state index is -2.93. The first-order valence-electron chi connectivity index (χ1n) is 11.1. The predicted molar refractivity (Wildman–Crippen MR) is 138 cm³/mol. The van der Waals surface area contributed by atoms with Gasteiger partial charge in [0.15, 0.2) is 5.17 Å². The summed E-state index contributed by atoms with van der Waals surface area (Å²) in [6.07, 6.45) is 1.69. The van der Waals surface area contributed by atoms with E-state index in [4.69, 9.17) is 9.47 Å². The first-order chi connectivity index (χ1) is 17.4. The van der Waals surface area contributed by atoms with Crippen molar-refractivity contribution in [3.63, 3.8) is 0 Å². The van der Waals surface area contributed by atoms with Gasteiger partial charge >= 0.3 is 6.61 Å². The van der Waals surface area contributed by atoms with Crippen LogP contribution in [0.25, 0.3) is 6.08 Å². The summed E-state index contributed by atoms with van der Waals surface area (Å²) in [5, 5.41) is 0.467. The second-order valence-corrected chi connectivity index (χ2v) is 8.78. The van der Waals surface area contributed by atoms with Crippen LogP contribution in [0.5, 0.6) is 17.2 Å². The Morgan fingerprint density at radius 3 is 2.22 bits per heavy atom. The highest BCUT2D eigenvalue weighted by Gasteiger charge is 2.32. The number of carbonyl (C=O) groups is 1. The van der Waals surface area contributed by atoms with Gasteiger partial charge in [0.1, 0.15) is 22.9 Å². The van der Waals surface area contributed by atoms with Crippen molar-refractivity contribution >= 4 is 34.6 Å². The number of hydrogen-bond acceptors (Lipinski definition) is 6. The molecule has 186 valence electrons. The molecule has 9 heteroatoms. The maximum Gasteiger partial charge on any atom is 0.387 e. The fourth-order valence-electron chi connectivity index (χ4n) is 3.38. The van der Waals surface area contributed by atoms with Crippen LogP contribution in [0.3, 0.4) is 0 Å². The van der Waals surface area contributed by atoms with Crippen LogP contribution < -0.4 is 19.1 Å². The number of anilines is 1. The number of carbonyl (C=O) groups excluding carboxylic acids is 1. The Balaban J connectivity index is 1.52. The van der Waals surface area contributed by atoms with E-state index in [0.29, 0.717) is 29.0 Å². The highest BCUT2D eigenvalue weighted by atomic mass is 32.2. The van der Waals surface area contributed by atoms with Gasteiger partial charge in [0, 0.05) is 5.75 Å².